The van der Waals surface area contributed by atoms with Gasteiger partial charge in [0.1, 0.15) is 5.69 Å². The van der Waals surface area contributed by atoms with Crippen LogP contribution in [0.3, 0.4) is 0 Å². The van der Waals surface area contributed by atoms with E-state index in [1.165, 1.54) is 18.1 Å². The Labute approximate surface area is 107 Å². The lowest BCUT2D eigenvalue weighted by atomic mass is 10.1. The number of aromatic nitrogens is 2. The Morgan fingerprint density at radius 3 is 2.63 bits per heavy atom. The maximum Gasteiger partial charge on any atom is 0.328 e. The van der Waals surface area contributed by atoms with Gasteiger partial charge in [-0.15, -0.1) is 0 Å². The van der Waals surface area contributed by atoms with Crippen molar-refractivity contribution in [1.29, 1.82) is 0 Å². The fraction of sp³-hybridized carbons (Fsp3) is 0.154. The number of carbonyl (C=O) groups excluding carboxylic acids is 1. The zero-order valence-electron chi connectivity index (χ0n) is 10.2. The van der Waals surface area contributed by atoms with Gasteiger partial charge in [-0.05, 0) is 11.6 Å². The van der Waals surface area contributed by atoms with E-state index in [0.29, 0.717) is 12.1 Å². The van der Waals surface area contributed by atoms with E-state index in [0.717, 1.165) is 10.1 Å². The first-order valence-electron chi connectivity index (χ1n) is 5.78. The van der Waals surface area contributed by atoms with Crippen LogP contribution in [0.1, 0.15) is 15.9 Å². The van der Waals surface area contributed by atoms with Crippen molar-refractivity contribution in [3.05, 3.63) is 62.4 Å². The van der Waals surface area contributed by atoms with Crippen LogP contribution in [-0.2, 0) is 13.6 Å². The number of H-pyrrole nitrogens is 1. The van der Waals surface area contributed by atoms with Crippen molar-refractivity contribution >= 4 is 11.6 Å². The molecule has 1 aliphatic heterocycles. The molecule has 1 aromatic heterocycles. The van der Waals surface area contributed by atoms with E-state index < -0.39 is 11.2 Å². The van der Waals surface area contributed by atoms with Gasteiger partial charge in [0.2, 0.25) is 0 Å². The molecular weight excluding hydrogens is 246 g/mol. The molecule has 0 unspecified atom stereocenters. The number of benzene rings is 1. The summed E-state index contributed by atoms with van der Waals surface area (Å²) in [7, 11) is 1.37. The van der Waals surface area contributed by atoms with Gasteiger partial charge in [0.05, 0.1) is 6.54 Å². The summed E-state index contributed by atoms with van der Waals surface area (Å²) in [6, 6.07) is 7.21. The normalized spacial score (nSPS) is 13.7. The molecule has 96 valence electrons. The lowest BCUT2D eigenvalue weighted by Crippen LogP contribution is -2.38. The van der Waals surface area contributed by atoms with Crippen molar-refractivity contribution in [1.82, 2.24) is 9.55 Å². The van der Waals surface area contributed by atoms with Gasteiger partial charge in [0, 0.05) is 18.8 Å². The summed E-state index contributed by atoms with van der Waals surface area (Å²) in [5.41, 5.74) is 0.669. The Balaban J connectivity index is 2.13. The molecule has 0 radical (unpaired) electrons. The average molecular weight is 257 g/mol. The third kappa shape index (κ3) is 1.61. The topological polar surface area (TPSA) is 75.2 Å². The SMILES string of the molecule is Cn1c(=O)[nH]cc(N2Cc3ccccc3C2=O)c1=O. The molecule has 0 bridgehead atoms. The Morgan fingerprint density at radius 2 is 1.89 bits per heavy atom. The smallest absolute Gasteiger partial charge is 0.312 e. The van der Waals surface area contributed by atoms with E-state index in [4.69, 9.17) is 0 Å². The molecule has 1 aromatic carbocycles. The van der Waals surface area contributed by atoms with Crippen LogP contribution >= 0.6 is 0 Å². The average Bonchev–Trinajstić information content (AvgIpc) is 2.74. The summed E-state index contributed by atoms with van der Waals surface area (Å²) in [5.74, 6) is -0.222. The second-order valence-electron chi connectivity index (χ2n) is 4.39. The number of hydrogen-bond donors (Lipinski definition) is 1. The summed E-state index contributed by atoms with van der Waals surface area (Å²) >= 11 is 0. The summed E-state index contributed by atoms with van der Waals surface area (Å²) in [5, 5.41) is 0. The van der Waals surface area contributed by atoms with Gasteiger partial charge in [-0.25, -0.2) is 4.79 Å². The number of fused-ring (bicyclic) bond motifs is 1. The molecule has 0 saturated carbocycles. The summed E-state index contributed by atoms with van der Waals surface area (Å²) < 4.78 is 0.950. The van der Waals surface area contributed by atoms with E-state index in [1.54, 1.807) is 12.1 Å². The van der Waals surface area contributed by atoms with Crippen LogP contribution in [0.5, 0.6) is 0 Å². The first-order valence-corrected chi connectivity index (χ1v) is 5.78. The van der Waals surface area contributed by atoms with Crippen LogP contribution in [0.4, 0.5) is 5.69 Å². The summed E-state index contributed by atoms with van der Waals surface area (Å²) in [6.07, 6.45) is 1.29. The highest BCUT2D eigenvalue weighted by atomic mass is 16.2. The molecule has 1 aliphatic rings. The fourth-order valence-corrected chi connectivity index (χ4v) is 2.20. The van der Waals surface area contributed by atoms with Gasteiger partial charge >= 0.3 is 5.69 Å². The molecule has 19 heavy (non-hydrogen) atoms. The lowest BCUT2D eigenvalue weighted by molar-refractivity contribution is 0.0996. The van der Waals surface area contributed by atoms with Crippen molar-refractivity contribution in [3.8, 4) is 0 Å². The van der Waals surface area contributed by atoms with Gasteiger partial charge in [-0.2, -0.15) is 0 Å². The quantitative estimate of drug-likeness (QED) is 0.794. The molecular formula is C13H11N3O3. The second kappa shape index (κ2) is 3.94. The van der Waals surface area contributed by atoms with E-state index in [1.807, 2.05) is 12.1 Å². The fourth-order valence-electron chi connectivity index (χ4n) is 2.20. The highest BCUT2D eigenvalue weighted by Crippen LogP contribution is 2.25. The largest absolute Gasteiger partial charge is 0.328 e. The van der Waals surface area contributed by atoms with Gasteiger partial charge in [-0.3, -0.25) is 19.1 Å². The molecule has 0 spiro atoms. The second-order valence-corrected chi connectivity index (χ2v) is 4.39. The van der Waals surface area contributed by atoms with E-state index in [2.05, 4.69) is 4.98 Å². The molecule has 0 saturated heterocycles. The van der Waals surface area contributed by atoms with Gasteiger partial charge < -0.3 is 4.98 Å². The number of amides is 1. The molecule has 6 nitrogen and oxygen atoms in total. The van der Waals surface area contributed by atoms with Crippen LogP contribution in [0.15, 0.2) is 40.1 Å². The van der Waals surface area contributed by atoms with Gasteiger partial charge in [0.25, 0.3) is 11.5 Å². The predicted octanol–water partition coefficient (Wildman–Crippen LogP) is 0.234. The minimum absolute atomic E-state index is 0.184. The molecule has 0 aliphatic carbocycles. The standard InChI is InChI=1S/C13H11N3O3/c1-15-12(18)10(6-14-13(15)19)16-7-8-4-2-3-5-9(8)11(16)17/h2-6H,7H2,1H3,(H,14,19). The zero-order chi connectivity index (χ0) is 13.6. The van der Waals surface area contributed by atoms with Crippen molar-refractivity contribution < 1.29 is 4.79 Å². The molecule has 3 rings (SSSR count). The Morgan fingerprint density at radius 1 is 1.16 bits per heavy atom. The van der Waals surface area contributed by atoms with Crippen LogP contribution in [-0.4, -0.2) is 15.5 Å². The molecule has 2 aromatic rings. The number of anilines is 1. The number of nitrogens with one attached hydrogen (secondary N) is 1. The number of nitrogens with zero attached hydrogens (tertiary/aromatic N) is 2. The Kier molecular flexibility index (Phi) is 2.38. The Bertz CT molecular complexity index is 788. The first kappa shape index (κ1) is 11.5. The van der Waals surface area contributed by atoms with Crippen LogP contribution in [0.2, 0.25) is 0 Å². The van der Waals surface area contributed by atoms with E-state index in [9.17, 15) is 14.4 Å². The van der Waals surface area contributed by atoms with Crippen molar-refractivity contribution in [2.75, 3.05) is 4.90 Å². The van der Waals surface area contributed by atoms with Gasteiger partial charge in [0.15, 0.2) is 0 Å². The highest BCUT2D eigenvalue weighted by Gasteiger charge is 2.29. The maximum absolute atomic E-state index is 12.2. The third-order valence-corrected chi connectivity index (χ3v) is 3.27. The molecule has 1 N–H and O–H groups in total. The summed E-state index contributed by atoms with van der Waals surface area (Å²) in [4.78, 5) is 39.4. The molecule has 0 atom stereocenters. The monoisotopic (exact) mass is 257 g/mol. The van der Waals surface area contributed by atoms with E-state index >= 15 is 0 Å². The van der Waals surface area contributed by atoms with Crippen LogP contribution in [0.25, 0.3) is 0 Å². The first-order chi connectivity index (χ1) is 9.09. The molecule has 0 fully saturated rings. The van der Waals surface area contributed by atoms with Crippen molar-refractivity contribution in [2.24, 2.45) is 7.05 Å². The molecule has 6 heteroatoms. The zero-order valence-corrected chi connectivity index (χ0v) is 10.2. The number of hydrogen-bond acceptors (Lipinski definition) is 3. The minimum Gasteiger partial charge on any atom is -0.312 e. The number of rotatable bonds is 1. The number of aromatic amines is 1. The van der Waals surface area contributed by atoms with Crippen molar-refractivity contribution in [2.45, 2.75) is 6.54 Å². The summed E-state index contributed by atoms with van der Waals surface area (Å²) in [6.45, 7) is 0.344. The number of carbonyl (C=O) groups is 1. The molecule has 2 heterocycles. The third-order valence-electron chi connectivity index (χ3n) is 3.27. The predicted molar refractivity (Wildman–Crippen MR) is 69.3 cm³/mol. The minimum atomic E-state index is -0.502. The van der Waals surface area contributed by atoms with Gasteiger partial charge in [-0.1, -0.05) is 18.2 Å². The van der Waals surface area contributed by atoms with Crippen LogP contribution in [0, 0.1) is 0 Å². The maximum atomic E-state index is 12.2. The van der Waals surface area contributed by atoms with Crippen LogP contribution < -0.4 is 16.1 Å². The van der Waals surface area contributed by atoms with E-state index in [-0.39, 0.29) is 11.6 Å². The Hall–Kier alpha value is -2.63. The van der Waals surface area contributed by atoms with Crippen molar-refractivity contribution in [3.63, 3.8) is 0 Å². The highest BCUT2D eigenvalue weighted by molar-refractivity contribution is 6.09. The molecule has 1 amide bonds. The lowest BCUT2D eigenvalue weighted by Gasteiger charge is -2.14.